The van der Waals surface area contributed by atoms with Crippen molar-refractivity contribution in [2.45, 2.75) is 39.2 Å². The maximum Gasteiger partial charge on any atom is 0.339 e. The Morgan fingerprint density at radius 3 is 2.54 bits per heavy atom. The van der Waals surface area contributed by atoms with Crippen molar-refractivity contribution in [2.75, 3.05) is 19.6 Å². The number of aryl methyl sites for hydroxylation is 1. The van der Waals surface area contributed by atoms with E-state index in [0.29, 0.717) is 11.1 Å². The number of benzene rings is 2. The van der Waals surface area contributed by atoms with E-state index in [1.807, 2.05) is 25.1 Å². The molecule has 0 saturated carbocycles. The fraction of sp³-hybridized carbons (Fsp3) is 0.375. The van der Waals surface area contributed by atoms with Crippen molar-refractivity contribution in [3.05, 3.63) is 75.6 Å². The zero-order valence-electron chi connectivity index (χ0n) is 16.6. The molecule has 1 fully saturated rings. The van der Waals surface area contributed by atoms with Gasteiger partial charge in [0.1, 0.15) is 17.4 Å². The van der Waals surface area contributed by atoms with Crippen molar-refractivity contribution < 1.29 is 9.15 Å². The van der Waals surface area contributed by atoms with Crippen LogP contribution in [0, 0.1) is 13.8 Å². The molecule has 1 aliphatic heterocycles. The fourth-order valence-electron chi connectivity index (χ4n) is 3.88. The summed E-state index contributed by atoms with van der Waals surface area (Å²) in [5.41, 5.74) is 3.37. The lowest BCUT2D eigenvalue weighted by atomic mass is 10.1. The summed E-state index contributed by atoms with van der Waals surface area (Å²) in [5, 5.41) is 0.972. The molecule has 3 aromatic rings. The van der Waals surface area contributed by atoms with E-state index >= 15 is 0 Å². The zero-order chi connectivity index (χ0) is 19.5. The summed E-state index contributed by atoms with van der Waals surface area (Å²) in [6, 6.07) is 16.5. The number of rotatable bonds is 5. The van der Waals surface area contributed by atoms with E-state index in [1.165, 1.54) is 5.56 Å². The monoisotopic (exact) mass is 377 g/mol. The third-order valence-electron chi connectivity index (χ3n) is 5.83. The first kappa shape index (κ1) is 18.8. The topological polar surface area (TPSA) is 42.7 Å². The number of hydrogen-bond acceptors (Lipinski definition) is 4. The van der Waals surface area contributed by atoms with E-state index in [2.05, 4.69) is 35.2 Å². The Morgan fingerprint density at radius 1 is 1.04 bits per heavy atom. The summed E-state index contributed by atoms with van der Waals surface area (Å²) in [5.74, 6) is 0.779. The van der Waals surface area contributed by atoms with Crippen LogP contribution in [0.4, 0.5) is 0 Å². The fourth-order valence-corrected chi connectivity index (χ4v) is 3.88. The molecule has 0 atom stereocenters. The molecule has 0 radical (unpaired) electrons. The van der Waals surface area contributed by atoms with Gasteiger partial charge in [-0.1, -0.05) is 30.3 Å². The van der Waals surface area contributed by atoms with Gasteiger partial charge in [-0.2, -0.15) is 0 Å². The molecule has 0 N–H and O–H groups in total. The molecule has 4 heteroatoms. The van der Waals surface area contributed by atoms with Crippen molar-refractivity contribution in [1.82, 2.24) is 4.90 Å². The van der Waals surface area contributed by atoms with Crippen LogP contribution in [0.2, 0.25) is 0 Å². The molecule has 0 bridgehead atoms. The highest BCUT2D eigenvalue weighted by atomic mass is 16.5. The Morgan fingerprint density at radius 2 is 1.79 bits per heavy atom. The smallest absolute Gasteiger partial charge is 0.339 e. The van der Waals surface area contributed by atoms with Gasteiger partial charge in [0.25, 0.3) is 0 Å². The average Bonchev–Trinajstić information content (AvgIpc) is 2.72. The summed E-state index contributed by atoms with van der Waals surface area (Å²) in [6.45, 7) is 6.96. The zero-order valence-corrected chi connectivity index (χ0v) is 16.6. The van der Waals surface area contributed by atoms with Gasteiger partial charge in [0, 0.05) is 36.7 Å². The normalized spacial score (nSPS) is 15.8. The maximum absolute atomic E-state index is 11.9. The molecular weight excluding hydrogens is 350 g/mol. The summed E-state index contributed by atoms with van der Waals surface area (Å²) >= 11 is 0. The molecule has 0 aliphatic carbocycles. The lowest BCUT2D eigenvalue weighted by Gasteiger charge is -2.32. The first-order valence-electron chi connectivity index (χ1n) is 10.1. The third-order valence-corrected chi connectivity index (χ3v) is 5.83. The van der Waals surface area contributed by atoms with Crippen LogP contribution in [-0.4, -0.2) is 30.6 Å². The molecule has 0 spiro atoms. The van der Waals surface area contributed by atoms with Crippen LogP contribution in [0.5, 0.6) is 5.75 Å². The first-order valence-corrected chi connectivity index (χ1v) is 10.1. The SMILES string of the molecule is Cc1c(C)c2ccc(OC3CCN(CCc4ccccc4)CC3)cc2oc1=O. The lowest BCUT2D eigenvalue weighted by molar-refractivity contribution is 0.101. The van der Waals surface area contributed by atoms with Crippen LogP contribution in [0.25, 0.3) is 11.0 Å². The van der Waals surface area contributed by atoms with Gasteiger partial charge in [-0.25, -0.2) is 4.79 Å². The van der Waals surface area contributed by atoms with Crippen LogP contribution < -0.4 is 10.4 Å². The molecule has 28 heavy (non-hydrogen) atoms. The summed E-state index contributed by atoms with van der Waals surface area (Å²) in [7, 11) is 0. The average molecular weight is 377 g/mol. The summed E-state index contributed by atoms with van der Waals surface area (Å²) in [6.07, 6.45) is 3.34. The van der Waals surface area contributed by atoms with Crippen LogP contribution in [0.1, 0.15) is 29.5 Å². The highest BCUT2D eigenvalue weighted by Crippen LogP contribution is 2.26. The molecular formula is C24H27NO3. The quantitative estimate of drug-likeness (QED) is 0.614. The predicted molar refractivity (Wildman–Crippen MR) is 112 cm³/mol. The Bertz CT molecular complexity index is 1000. The van der Waals surface area contributed by atoms with E-state index in [9.17, 15) is 4.79 Å². The summed E-state index contributed by atoms with van der Waals surface area (Å²) in [4.78, 5) is 14.5. The third kappa shape index (κ3) is 4.12. The van der Waals surface area contributed by atoms with E-state index in [1.54, 1.807) is 6.92 Å². The van der Waals surface area contributed by atoms with Gasteiger partial charge in [0.05, 0.1) is 0 Å². The van der Waals surface area contributed by atoms with Gasteiger partial charge in [-0.3, -0.25) is 0 Å². The van der Waals surface area contributed by atoms with Crippen molar-refractivity contribution in [1.29, 1.82) is 0 Å². The standard InChI is InChI=1S/C24H27NO3/c1-17-18(2)24(26)28-23-16-21(8-9-22(17)23)27-20-11-14-25(15-12-20)13-10-19-6-4-3-5-7-19/h3-9,16,20H,10-15H2,1-2H3. The minimum Gasteiger partial charge on any atom is -0.490 e. The van der Waals surface area contributed by atoms with Crippen LogP contribution in [-0.2, 0) is 6.42 Å². The Kier molecular flexibility index (Phi) is 5.49. The molecule has 0 amide bonds. The van der Waals surface area contributed by atoms with Crippen molar-refractivity contribution in [2.24, 2.45) is 0 Å². The van der Waals surface area contributed by atoms with Gasteiger partial charge < -0.3 is 14.1 Å². The second-order valence-electron chi connectivity index (χ2n) is 7.69. The molecule has 2 aromatic carbocycles. The predicted octanol–water partition coefficient (Wildman–Crippen LogP) is 4.50. The molecule has 146 valence electrons. The number of nitrogens with zero attached hydrogens (tertiary/aromatic N) is 1. The van der Waals surface area contributed by atoms with Gasteiger partial charge in [-0.15, -0.1) is 0 Å². The molecule has 1 saturated heterocycles. The molecule has 1 aromatic heterocycles. The molecule has 4 nitrogen and oxygen atoms in total. The van der Waals surface area contributed by atoms with Crippen LogP contribution >= 0.6 is 0 Å². The second kappa shape index (κ2) is 8.19. The minimum absolute atomic E-state index is 0.212. The highest BCUT2D eigenvalue weighted by molar-refractivity contribution is 5.82. The summed E-state index contributed by atoms with van der Waals surface area (Å²) < 4.78 is 11.6. The maximum atomic E-state index is 11.9. The van der Waals surface area contributed by atoms with Crippen LogP contribution in [0.3, 0.4) is 0 Å². The lowest BCUT2D eigenvalue weighted by Crippen LogP contribution is -2.39. The number of likely N-dealkylation sites (tertiary alicyclic amines) is 1. The van der Waals surface area contributed by atoms with Crippen molar-refractivity contribution in [3.63, 3.8) is 0 Å². The number of fused-ring (bicyclic) bond motifs is 1. The molecule has 4 rings (SSSR count). The second-order valence-corrected chi connectivity index (χ2v) is 7.69. The van der Waals surface area contributed by atoms with E-state index < -0.39 is 0 Å². The minimum atomic E-state index is -0.270. The highest BCUT2D eigenvalue weighted by Gasteiger charge is 2.20. The van der Waals surface area contributed by atoms with E-state index in [4.69, 9.17) is 9.15 Å². The van der Waals surface area contributed by atoms with Gasteiger partial charge in [0.15, 0.2) is 0 Å². The van der Waals surface area contributed by atoms with Gasteiger partial charge >= 0.3 is 5.63 Å². The van der Waals surface area contributed by atoms with Gasteiger partial charge in [0.2, 0.25) is 0 Å². The van der Waals surface area contributed by atoms with Gasteiger partial charge in [-0.05, 0) is 56.4 Å². The largest absolute Gasteiger partial charge is 0.490 e. The Hall–Kier alpha value is -2.59. The van der Waals surface area contributed by atoms with Crippen molar-refractivity contribution in [3.8, 4) is 5.75 Å². The van der Waals surface area contributed by atoms with E-state index in [0.717, 1.165) is 55.6 Å². The Balaban J connectivity index is 1.34. The number of hydrogen-bond donors (Lipinski definition) is 0. The molecule has 1 aliphatic rings. The number of ether oxygens (including phenoxy) is 1. The van der Waals surface area contributed by atoms with E-state index in [-0.39, 0.29) is 11.7 Å². The van der Waals surface area contributed by atoms with Crippen LogP contribution in [0.15, 0.2) is 57.7 Å². The molecule has 0 unspecified atom stereocenters. The van der Waals surface area contributed by atoms with Crippen molar-refractivity contribution >= 4 is 11.0 Å². The first-order chi connectivity index (χ1) is 13.6. The Labute approximate surface area is 165 Å². The molecule has 2 heterocycles. The number of piperidine rings is 1.